The summed E-state index contributed by atoms with van der Waals surface area (Å²) in [4.78, 5) is 23.5. The van der Waals surface area contributed by atoms with Crippen LogP contribution < -0.4 is 10.6 Å². The molecule has 0 aliphatic carbocycles. The van der Waals surface area contributed by atoms with E-state index >= 15 is 0 Å². The van der Waals surface area contributed by atoms with Crippen LogP contribution in [0.4, 0.5) is 0 Å². The smallest absolute Gasteiger partial charge is 0.337 e. The number of hydrogen-bond donors (Lipinski definition) is 2. The summed E-state index contributed by atoms with van der Waals surface area (Å²) >= 11 is 0. The maximum absolute atomic E-state index is 12.2. The molecule has 1 aliphatic rings. The summed E-state index contributed by atoms with van der Waals surface area (Å²) in [5, 5.41) is 6.25. The average molecular weight is 327 g/mol. The Morgan fingerprint density at radius 2 is 1.95 bits per heavy atom. The molecule has 1 aliphatic heterocycles. The first-order valence-electron chi connectivity index (χ1n) is 7.34. The minimum Gasteiger partial charge on any atom is -0.465 e. The van der Waals surface area contributed by atoms with Crippen molar-refractivity contribution in [2.45, 2.75) is 38.3 Å². The van der Waals surface area contributed by atoms with E-state index in [0.29, 0.717) is 5.56 Å². The van der Waals surface area contributed by atoms with E-state index in [2.05, 4.69) is 15.4 Å². The molecule has 2 rings (SSSR count). The van der Waals surface area contributed by atoms with Crippen LogP contribution in [0.2, 0.25) is 0 Å². The van der Waals surface area contributed by atoms with Gasteiger partial charge < -0.3 is 15.4 Å². The average Bonchev–Trinajstić information content (AvgIpc) is 2.55. The maximum Gasteiger partial charge on any atom is 0.337 e. The number of halogens is 1. The molecular weight excluding hydrogens is 304 g/mol. The van der Waals surface area contributed by atoms with Crippen LogP contribution in [0.15, 0.2) is 24.3 Å². The summed E-state index contributed by atoms with van der Waals surface area (Å²) in [6.45, 7) is 2.84. The third-order valence-electron chi connectivity index (χ3n) is 3.82. The molecule has 0 unspecified atom stereocenters. The highest BCUT2D eigenvalue weighted by molar-refractivity contribution is 5.89. The highest BCUT2D eigenvalue weighted by atomic mass is 35.5. The maximum atomic E-state index is 12.2. The SMILES string of the molecule is COC(=O)c1ccc([C@H](C)NC(=O)[C@H]2CCCCN2)cc1.Cl. The van der Waals surface area contributed by atoms with E-state index in [4.69, 9.17) is 0 Å². The predicted octanol–water partition coefficient (Wildman–Crippen LogP) is 2.21. The third kappa shape index (κ3) is 4.71. The lowest BCUT2D eigenvalue weighted by molar-refractivity contribution is -0.124. The summed E-state index contributed by atoms with van der Waals surface area (Å²) in [5.74, 6) is -0.316. The number of hydrogen-bond acceptors (Lipinski definition) is 4. The Hall–Kier alpha value is -1.59. The Kier molecular flexibility index (Phi) is 7.35. The van der Waals surface area contributed by atoms with Crippen molar-refractivity contribution in [3.63, 3.8) is 0 Å². The number of carbonyl (C=O) groups excluding carboxylic acids is 2. The van der Waals surface area contributed by atoms with Gasteiger partial charge in [0.05, 0.1) is 24.8 Å². The van der Waals surface area contributed by atoms with Crippen molar-refractivity contribution in [2.24, 2.45) is 0 Å². The van der Waals surface area contributed by atoms with Crippen LogP contribution in [-0.4, -0.2) is 31.6 Å². The van der Waals surface area contributed by atoms with Crippen molar-refractivity contribution in [3.8, 4) is 0 Å². The summed E-state index contributed by atoms with van der Waals surface area (Å²) in [6.07, 6.45) is 3.11. The molecule has 0 radical (unpaired) electrons. The highest BCUT2D eigenvalue weighted by Crippen LogP contribution is 2.15. The molecule has 0 saturated carbocycles. The molecule has 6 heteroatoms. The second-order valence-electron chi connectivity index (χ2n) is 5.35. The molecule has 1 saturated heterocycles. The normalized spacial score (nSPS) is 18.7. The minimum atomic E-state index is -0.357. The zero-order valence-corrected chi connectivity index (χ0v) is 13.7. The molecule has 1 aromatic carbocycles. The fourth-order valence-corrected chi connectivity index (χ4v) is 2.50. The Bertz CT molecular complexity index is 499. The first kappa shape index (κ1) is 18.5. The van der Waals surface area contributed by atoms with E-state index in [0.717, 1.165) is 31.4 Å². The standard InChI is InChI=1S/C16H22N2O3.ClH/c1-11(18-15(19)14-5-3-4-10-17-14)12-6-8-13(9-7-12)16(20)21-2;/h6-9,11,14,17H,3-5,10H2,1-2H3,(H,18,19);1H/t11-,14+;/m0./s1. The second-order valence-corrected chi connectivity index (χ2v) is 5.35. The summed E-state index contributed by atoms with van der Waals surface area (Å²) in [7, 11) is 1.36. The molecule has 22 heavy (non-hydrogen) atoms. The molecule has 122 valence electrons. The Balaban J connectivity index is 0.00000242. The van der Waals surface area contributed by atoms with Crippen LogP contribution in [-0.2, 0) is 9.53 Å². The van der Waals surface area contributed by atoms with Gasteiger partial charge in [0, 0.05) is 0 Å². The van der Waals surface area contributed by atoms with Crippen LogP contribution in [0.3, 0.4) is 0 Å². The van der Waals surface area contributed by atoms with Gasteiger partial charge in [-0.15, -0.1) is 12.4 Å². The molecule has 0 bridgehead atoms. The van der Waals surface area contributed by atoms with Crippen LogP contribution in [0.25, 0.3) is 0 Å². The molecule has 2 atom stereocenters. The van der Waals surface area contributed by atoms with Gasteiger partial charge in [-0.05, 0) is 44.0 Å². The molecule has 1 heterocycles. The van der Waals surface area contributed by atoms with Crippen molar-refractivity contribution >= 4 is 24.3 Å². The lowest BCUT2D eigenvalue weighted by Crippen LogP contribution is -2.47. The van der Waals surface area contributed by atoms with E-state index in [9.17, 15) is 9.59 Å². The Morgan fingerprint density at radius 1 is 1.27 bits per heavy atom. The Morgan fingerprint density at radius 3 is 2.50 bits per heavy atom. The zero-order valence-electron chi connectivity index (χ0n) is 12.9. The van der Waals surface area contributed by atoms with Gasteiger partial charge >= 0.3 is 5.97 Å². The first-order chi connectivity index (χ1) is 10.1. The largest absolute Gasteiger partial charge is 0.465 e. The van der Waals surface area contributed by atoms with Gasteiger partial charge in [-0.25, -0.2) is 4.79 Å². The number of esters is 1. The van der Waals surface area contributed by atoms with E-state index < -0.39 is 0 Å². The number of rotatable bonds is 4. The first-order valence-corrected chi connectivity index (χ1v) is 7.34. The molecule has 2 N–H and O–H groups in total. The number of carbonyl (C=O) groups is 2. The molecular formula is C16H23ClN2O3. The minimum absolute atomic E-state index is 0. The van der Waals surface area contributed by atoms with Gasteiger partial charge in [0.15, 0.2) is 0 Å². The predicted molar refractivity (Wildman–Crippen MR) is 87.2 cm³/mol. The summed E-state index contributed by atoms with van der Waals surface area (Å²) < 4.78 is 4.66. The summed E-state index contributed by atoms with van der Waals surface area (Å²) in [5.41, 5.74) is 1.47. The van der Waals surface area contributed by atoms with Crippen molar-refractivity contribution in [2.75, 3.05) is 13.7 Å². The lowest BCUT2D eigenvalue weighted by Gasteiger charge is -2.24. The lowest BCUT2D eigenvalue weighted by atomic mass is 10.0. The summed E-state index contributed by atoms with van der Waals surface area (Å²) in [6, 6.07) is 6.92. The van der Waals surface area contributed by atoms with E-state index in [1.54, 1.807) is 12.1 Å². The number of nitrogens with one attached hydrogen (secondary N) is 2. The molecule has 5 nitrogen and oxygen atoms in total. The van der Waals surface area contributed by atoms with Gasteiger partial charge in [0.1, 0.15) is 0 Å². The molecule has 1 fully saturated rings. The monoisotopic (exact) mass is 326 g/mol. The van der Waals surface area contributed by atoms with Crippen LogP contribution >= 0.6 is 12.4 Å². The van der Waals surface area contributed by atoms with E-state index in [1.165, 1.54) is 7.11 Å². The van der Waals surface area contributed by atoms with Gasteiger partial charge in [-0.2, -0.15) is 0 Å². The number of ether oxygens (including phenoxy) is 1. The molecule has 0 spiro atoms. The van der Waals surface area contributed by atoms with Crippen molar-refractivity contribution in [3.05, 3.63) is 35.4 Å². The van der Waals surface area contributed by atoms with Crippen LogP contribution in [0.5, 0.6) is 0 Å². The quantitative estimate of drug-likeness (QED) is 0.833. The molecule has 0 aromatic heterocycles. The fourth-order valence-electron chi connectivity index (χ4n) is 2.50. The van der Waals surface area contributed by atoms with Gasteiger partial charge in [0.2, 0.25) is 5.91 Å². The van der Waals surface area contributed by atoms with E-state index in [1.807, 2.05) is 19.1 Å². The van der Waals surface area contributed by atoms with E-state index in [-0.39, 0.29) is 36.4 Å². The van der Waals surface area contributed by atoms with Gasteiger partial charge in [0.25, 0.3) is 0 Å². The molecule has 1 aromatic rings. The topological polar surface area (TPSA) is 67.4 Å². The van der Waals surface area contributed by atoms with Gasteiger partial charge in [-0.1, -0.05) is 18.6 Å². The number of piperidine rings is 1. The van der Waals surface area contributed by atoms with Crippen LogP contribution in [0, 0.1) is 0 Å². The van der Waals surface area contributed by atoms with Crippen molar-refractivity contribution in [1.82, 2.24) is 10.6 Å². The Labute approximate surface area is 137 Å². The van der Waals surface area contributed by atoms with Crippen molar-refractivity contribution < 1.29 is 14.3 Å². The number of benzene rings is 1. The third-order valence-corrected chi connectivity index (χ3v) is 3.82. The fraction of sp³-hybridized carbons (Fsp3) is 0.500. The van der Waals surface area contributed by atoms with Crippen molar-refractivity contribution in [1.29, 1.82) is 0 Å². The zero-order chi connectivity index (χ0) is 15.2. The molecule has 1 amide bonds. The number of methoxy groups -OCH3 is 1. The van der Waals surface area contributed by atoms with Crippen LogP contribution in [0.1, 0.15) is 48.1 Å². The van der Waals surface area contributed by atoms with Gasteiger partial charge in [-0.3, -0.25) is 4.79 Å². The number of amides is 1. The highest BCUT2D eigenvalue weighted by Gasteiger charge is 2.22. The second kappa shape index (κ2) is 8.76.